The van der Waals surface area contributed by atoms with Gasteiger partial charge in [0, 0.05) is 108 Å². The highest BCUT2D eigenvalue weighted by Gasteiger charge is 2.16. The first-order chi connectivity index (χ1) is 42.8. The minimum Gasteiger partial charge on any atom is -0.201 e. The molecule has 0 amide bonds. The lowest BCUT2D eigenvalue weighted by molar-refractivity contribution is -0.660. The average molecular weight is 1030 g/mol. The van der Waals surface area contributed by atoms with Crippen molar-refractivity contribution in [2.45, 2.75) is 82.7 Å². The van der Waals surface area contributed by atoms with Crippen molar-refractivity contribution in [1.82, 2.24) is 0 Å². The molecule has 0 N–H and O–H groups in total. The second-order valence-electron chi connectivity index (χ2n) is 19.6. The van der Waals surface area contributed by atoms with E-state index in [4.69, 9.17) is 20.6 Å². The van der Waals surface area contributed by atoms with E-state index >= 15 is 0 Å². The molecule has 5 heterocycles. The molecule has 5 aromatic carbocycles. The summed E-state index contributed by atoms with van der Waals surface area (Å²) in [6.45, 7) is 3.52. The van der Waals surface area contributed by atoms with Gasteiger partial charge in [0.25, 0.3) is 0 Å². The Morgan fingerprint density at radius 3 is 1.08 bits per heavy atom. The third kappa shape index (κ3) is 15.7. The molecule has 0 aliphatic rings. The summed E-state index contributed by atoms with van der Waals surface area (Å²) in [5.41, 5.74) is 20.0. The van der Waals surface area contributed by atoms with Crippen LogP contribution in [-0.4, -0.2) is 0 Å². The molecule has 0 aliphatic carbocycles. The molecular weight excluding hydrogens is 935 g/mol. The zero-order valence-corrected chi connectivity index (χ0v) is 46.8. The van der Waals surface area contributed by atoms with Crippen LogP contribution in [0.5, 0.6) is 0 Å². The van der Waals surface area contributed by atoms with Crippen molar-refractivity contribution in [3.8, 4) is 56.3 Å². The van der Waals surface area contributed by atoms with E-state index < -0.39 is 34.3 Å². The van der Waals surface area contributed by atoms with Gasteiger partial charge in [-0.25, -0.2) is 22.8 Å². The Labute approximate surface area is 483 Å². The number of rotatable bonds is 5. The highest BCUT2D eigenvalue weighted by molar-refractivity contribution is 5.64. The van der Waals surface area contributed by atoms with Gasteiger partial charge in [0.05, 0.1) is 0 Å². The van der Waals surface area contributed by atoms with Gasteiger partial charge in [0.15, 0.2) is 31.0 Å². The quantitative estimate of drug-likeness (QED) is 0.153. The Morgan fingerprint density at radius 2 is 0.636 bits per heavy atom. The zero-order valence-electron chi connectivity index (χ0n) is 61.8. The zero-order chi connectivity index (χ0) is 68.4. The van der Waals surface area contributed by atoms with Gasteiger partial charge >= 0.3 is 0 Å². The van der Waals surface area contributed by atoms with Crippen molar-refractivity contribution >= 4 is 0 Å². The summed E-state index contributed by atoms with van der Waals surface area (Å²) in [5.74, 6) is 0. The van der Waals surface area contributed by atoms with E-state index in [1.54, 1.807) is 78.7 Å². The van der Waals surface area contributed by atoms with Crippen LogP contribution >= 0.6 is 0 Å². The predicted molar refractivity (Wildman–Crippen MR) is 322 cm³/mol. The lowest BCUT2D eigenvalue weighted by Gasteiger charge is -2.06. The number of nitrogens with zero attached hydrogens (tertiary/aromatic N) is 5. The lowest BCUT2D eigenvalue weighted by Crippen LogP contribution is -2.31. The summed E-state index contributed by atoms with van der Waals surface area (Å²) in [4.78, 5) is 0. The van der Waals surface area contributed by atoms with Gasteiger partial charge in [-0.15, -0.1) is 0 Å². The van der Waals surface area contributed by atoms with Crippen molar-refractivity contribution in [3.63, 3.8) is 0 Å². The molecule has 0 fully saturated rings. The second-order valence-corrected chi connectivity index (χ2v) is 19.6. The summed E-state index contributed by atoms with van der Waals surface area (Å²) in [6, 6.07) is 54.2. The first-order valence-corrected chi connectivity index (χ1v) is 25.6. The molecule has 77 heavy (non-hydrogen) atoms. The van der Waals surface area contributed by atoms with Gasteiger partial charge in [0.1, 0.15) is 35.2 Å². The molecule has 0 saturated carbocycles. The van der Waals surface area contributed by atoms with Gasteiger partial charge in [0.2, 0.25) is 28.5 Å². The van der Waals surface area contributed by atoms with E-state index in [9.17, 15) is 0 Å². The molecule has 10 rings (SSSR count). The van der Waals surface area contributed by atoms with Gasteiger partial charge in [-0.1, -0.05) is 90.0 Å². The van der Waals surface area contributed by atoms with Crippen LogP contribution in [0, 0.1) is 82.7 Å². The molecular formula is C72H84N5+5. The minimum absolute atomic E-state index is 0.274. The van der Waals surface area contributed by atoms with Crippen LogP contribution in [0.4, 0.5) is 0 Å². The summed E-state index contributed by atoms with van der Waals surface area (Å²) >= 11 is 0. The summed E-state index contributed by atoms with van der Waals surface area (Å²) < 4.78 is 122. The molecule has 392 valence electrons. The molecule has 0 spiro atoms. The Hall–Kier alpha value is -8.15. The highest BCUT2D eigenvalue weighted by Crippen LogP contribution is 2.25. The number of aryl methyl sites for hydroxylation is 17. The highest BCUT2D eigenvalue weighted by atomic mass is 14.9. The van der Waals surface area contributed by atoms with Crippen molar-refractivity contribution in [3.05, 3.63) is 268 Å². The predicted octanol–water partition coefficient (Wildman–Crippen LogP) is 14.6. The molecule has 0 bridgehead atoms. The summed E-state index contributed by atoms with van der Waals surface area (Å²) in [6.07, 6.45) is 9.06. The molecule has 0 aliphatic heterocycles. The van der Waals surface area contributed by atoms with Crippen LogP contribution in [0.25, 0.3) is 56.3 Å². The lowest BCUT2D eigenvalue weighted by atomic mass is 10.0. The maximum absolute atomic E-state index is 7.55. The van der Waals surface area contributed by atoms with Crippen LogP contribution in [0.15, 0.2) is 201 Å². The Balaban J connectivity index is 0.000000184. The molecule has 5 heteroatoms. The van der Waals surface area contributed by atoms with Gasteiger partial charge in [-0.3, -0.25) is 0 Å². The summed E-state index contributed by atoms with van der Waals surface area (Å²) in [5, 5.41) is 0. The number of hydrogen-bond acceptors (Lipinski definition) is 0. The maximum atomic E-state index is 7.55. The Bertz CT molecular complexity index is 4090. The van der Waals surface area contributed by atoms with E-state index in [-0.39, 0.29) is 5.56 Å². The fraction of sp³-hybridized carbons (Fsp3) is 0.236. The Kier molecular flexibility index (Phi) is 14.1. The average Bonchev–Trinajstić information content (AvgIpc) is 0.852. The second kappa shape index (κ2) is 27.1. The third-order valence-electron chi connectivity index (χ3n) is 13.4. The van der Waals surface area contributed by atoms with E-state index in [1.807, 2.05) is 129 Å². The van der Waals surface area contributed by atoms with Crippen LogP contribution in [-0.2, 0) is 35.2 Å². The molecule has 0 atom stereocenters. The van der Waals surface area contributed by atoms with E-state index in [2.05, 4.69) is 99.2 Å². The van der Waals surface area contributed by atoms with E-state index in [0.717, 1.165) is 61.7 Å². The van der Waals surface area contributed by atoms with Crippen molar-refractivity contribution in [2.24, 2.45) is 35.2 Å². The standard InChI is InChI=1S/3C15H18N.C14H16N.C13H14N/c1-11-5-7-14(13(3)9-11)15-8-6-12(2)10-16(15)4;1-11-5-6-14(13(3)9-11)15-10-12(2)7-8-16(15)4;1-11-7-5-6-8-14(11)15-9-12(2)13(3)10-16(15)4;1-11-8-9-14(15(3)10-11)13-7-5-4-6-12(13)2;1-11-7-3-4-8-12(11)13-9-5-6-10-14(13)2/h3*5-10H,1-4H3;4-10H,1-3H3;3-10H,1-2H3/q5*+1/i1D3,2D3;1D3;3D3;1D3;. The number of aromatic nitrogens is 5. The summed E-state index contributed by atoms with van der Waals surface area (Å²) in [7, 11) is 9.60. The van der Waals surface area contributed by atoms with Crippen LogP contribution in [0.1, 0.15) is 87.3 Å². The molecule has 5 nitrogen and oxygen atoms in total. The number of benzene rings is 5. The topological polar surface area (TPSA) is 19.4 Å². The first-order valence-electron chi connectivity index (χ1n) is 33.1. The van der Waals surface area contributed by atoms with E-state index in [1.165, 1.54) is 33.5 Å². The van der Waals surface area contributed by atoms with Gasteiger partial charge in [-0.05, 0) is 170 Å². The molecule has 5 aromatic heterocycles. The number of hydrogen-bond donors (Lipinski definition) is 0. The molecule has 0 saturated heterocycles. The van der Waals surface area contributed by atoms with Crippen LogP contribution in [0.3, 0.4) is 0 Å². The van der Waals surface area contributed by atoms with Crippen molar-refractivity contribution in [1.29, 1.82) is 0 Å². The minimum atomic E-state index is -2.14. The number of pyridine rings is 5. The van der Waals surface area contributed by atoms with Crippen molar-refractivity contribution in [2.75, 3.05) is 0 Å². The smallest absolute Gasteiger partial charge is 0.201 e. The van der Waals surface area contributed by atoms with Gasteiger partial charge < -0.3 is 0 Å². The monoisotopic (exact) mass is 1030 g/mol. The molecule has 10 aromatic rings. The Morgan fingerprint density at radius 1 is 0.247 bits per heavy atom. The fourth-order valence-corrected chi connectivity index (χ4v) is 9.02. The van der Waals surface area contributed by atoms with Crippen molar-refractivity contribution < 1.29 is 43.4 Å². The van der Waals surface area contributed by atoms with Gasteiger partial charge in [-0.2, -0.15) is 0 Å². The van der Waals surface area contributed by atoms with Crippen LogP contribution in [0.2, 0.25) is 0 Å². The molecule has 0 radical (unpaired) electrons. The first kappa shape index (κ1) is 40.2. The fourth-order valence-electron chi connectivity index (χ4n) is 9.02. The SMILES string of the molecule is Cc1ccccc1-c1cccc[n+]1C.[2H]C([2H])([2H])c1c[n+](C)c(-c2ccccc2C)cc1C.[2H]C([2H])([2H])c1ccc(-c2cc(C)cc[n+]2C)c(C)c1.[2H]C([2H])([2H])c1ccc(-c2ccc(C([2H])([2H])[2H])c[n+]2C)c(C)c1.[2H]C([2H])([2H])c1ccc(-c2ccccc2C)[n+](C)c1. The largest absolute Gasteiger partial charge is 0.212 e. The third-order valence-corrected chi connectivity index (χ3v) is 13.4. The maximum Gasteiger partial charge on any atom is 0.212 e. The van der Waals surface area contributed by atoms with E-state index in [0.29, 0.717) is 22.3 Å². The van der Waals surface area contributed by atoms with Crippen LogP contribution < -0.4 is 22.8 Å². The molecule has 0 unspecified atom stereocenters. The normalized spacial score (nSPS) is 14.1.